The molecule has 4 heteroatoms. The first-order valence-electron chi connectivity index (χ1n) is 6.10. The zero-order valence-electron chi connectivity index (χ0n) is 11.4. The van der Waals surface area contributed by atoms with Crippen molar-refractivity contribution < 1.29 is 9.53 Å². The number of hydrazine groups is 1. The monoisotopic (exact) mass is 238 g/mol. The molecule has 1 aliphatic carbocycles. The predicted octanol–water partition coefficient (Wildman–Crippen LogP) is 2.42. The molecule has 2 fully saturated rings. The molecule has 0 aromatic heterocycles. The Morgan fingerprint density at radius 2 is 2.12 bits per heavy atom. The molecule has 3 atom stereocenters. The summed E-state index contributed by atoms with van der Waals surface area (Å²) in [6, 6.07) is 0. The van der Waals surface area contributed by atoms with Crippen LogP contribution in [0, 0.1) is 5.92 Å². The number of amides is 1. The highest BCUT2D eigenvalue weighted by Gasteiger charge is 2.67. The normalized spacial score (nSPS) is 40.7. The van der Waals surface area contributed by atoms with Gasteiger partial charge >= 0.3 is 6.09 Å². The van der Waals surface area contributed by atoms with Gasteiger partial charge < -0.3 is 4.74 Å². The van der Waals surface area contributed by atoms with Crippen molar-refractivity contribution in [3.8, 4) is 0 Å². The SMILES string of the molecule is C=C(C)[C@H]1CC[C@@]2(C)OC(=O)N(N(C)C)[C@]12C. The lowest BCUT2D eigenvalue weighted by Crippen LogP contribution is -2.59. The van der Waals surface area contributed by atoms with Crippen LogP contribution in [-0.2, 0) is 4.74 Å². The van der Waals surface area contributed by atoms with Gasteiger partial charge in [-0.25, -0.2) is 14.8 Å². The van der Waals surface area contributed by atoms with Crippen LogP contribution in [0.15, 0.2) is 12.2 Å². The van der Waals surface area contributed by atoms with Crippen LogP contribution in [0.3, 0.4) is 0 Å². The maximum Gasteiger partial charge on any atom is 0.425 e. The fourth-order valence-electron chi connectivity index (χ4n) is 3.58. The Balaban J connectivity index is 2.50. The quantitative estimate of drug-likeness (QED) is 0.693. The third-order valence-electron chi connectivity index (χ3n) is 4.58. The van der Waals surface area contributed by atoms with E-state index in [0.29, 0.717) is 5.92 Å². The van der Waals surface area contributed by atoms with E-state index < -0.39 is 5.60 Å². The molecule has 96 valence electrons. The number of ether oxygens (including phenoxy) is 1. The number of rotatable bonds is 2. The smallest absolute Gasteiger partial charge is 0.425 e. The zero-order chi connectivity index (χ0) is 13.0. The lowest BCUT2D eigenvalue weighted by molar-refractivity contribution is -0.0429. The van der Waals surface area contributed by atoms with Crippen LogP contribution in [0.1, 0.15) is 33.6 Å². The summed E-state index contributed by atoms with van der Waals surface area (Å²) in [6.45, 7) is 10.3. The largest absolute Gasteiger partial charge is 0.440 e. The summed E-state index contributed by atoms with van der Waals surface area (Å²) in [4.78, 5) is 12.0. The third-order valence-corrected chi connectivity index (χ3v) is 4.58. The van der Waals surface area contributed by atoms with Crippen LogP contribution < -0.4 is 0 Å². The Kier molecular flexibility index (Phi) is 2.54. The minimum atomic E-state index is -0.405. The number of hydrogen-bond donors (Lipinski definition) is 0. The second-order valence-corrected chi connectivity index (χ2v) is 5.84. The van der Waals surface area contributed by atoms with Crippen molar-refractivity contribution in [3.63, 3.8) is 0 Å². The fraction of sp³-hybridized carbons (Fsp3) is 0.769. The highest BCUT2D eigenvalue weighted by molar-refractivity contribution is 5.73. The molecule has 0 radical (unpaired) electrons. The van der Waals surface area contributed by atoms with Crippen LogP contribution in [0.2, 0.25) is 0 Å². The van der Waals surface area contributed by atoms with E-state index in [2.05, 4.69) is 13.5 Å². The summed E-state index contributed by atoms with van der Waals surface area (Å²) in [7, 11) is 3.76. The van der Waals surface area contributed by atoms with E-state index in [-0.39, 0.29) is 11.6 Å². The molecule has 0 spiro atoms. The number of carbonyl (C=O) groups is 1. The molecular formula is C13H22N2O2. The molecule has 4 nitrogen and oxygen atoms in total. The molecule has 0 aromatic rings. The van der Waals surface area contributed by atoms with Gasteiger partial charge in [0, 0.05) is 20.0 Å². The summed E-state index contributed by atoms with van der Waals surface area (Å²) < 4.78 is 5.63. The molecule has 2 aliphatic rings. The Morgan fingerprint density at radius 1 is 1.53 bits per heavy atom. The molecular weight excluding hydrogens is 216 g/mol. The van der Waals surface area contributed by atoms with E-state index in [4.69, 9.17) is 4.74 Å². The summed E-state index contributed by atoms with van der Waals surface area (Å²) in [5.74, 6) is 0.293. The number of hydrogen-bond acceptors (Lipinski definition) is 3. The fourth-order valence-corrected chi connectivity index (χ4v) is 3.58. The first kappa shape index (κ1) is 12.4. The highest BCUT2D eigenvalue weighted by atomic mass is 16.6. The average molecular weight is 238 g/mol. The molecule has 1 amide bonds. The minimum Gasteiger partial charge on any atom is -0.440 e. The van der Waals surface area contributed by atoms with Gasteiger partial charge in [-0.2, -0.15) is 0 Å². The average Bonchev–Trinajstić information content (AvgIpc) is 2.48. The zero-order valence-corrected chi connectivity index (χ0v) is 11.4. The van der Waals surface area contributed by atoms with Gasteiger partial charge in [0.25, 0.3) is 0 Å². The van der Waals surface area contributed by atoms with Gasteiger partial charge in [-0.05, 0) is 33.6 Å². The molecule has 17 heavy (non-hydrogen) atoms. The van der Waals surface area contributed by atoms with E-state index in [1.165, 1.54) is 0 Å². The Morgan fingerprint density at radius 3 is 2.59 bits per heavy atom. The van der Waals surface area contributed by atoms with Crippen molar-refractivity contribution in [3.05, 3.63) is 12.2 Å². The van der Waals surface area contributed by atoms with Crippen molar-refractivity contribution in [1.82, 2.24) is 10.0 Å². The molecule has 0 unspecified atom stereocenters. The first-order valence-corrected chi connectivity index (χ1v) is 6.10. The van der Waals surface area contributed by atoms with Crippen molar-refractivity contribution >= 4 is 6.09 Å². The molecule has 0 bridgehead atoms. The molecule has 0 N–H and O–H groups in total. The van der Waals surface area contributed by atoms with Crippen LogP contribution in [-0.4, -0.2) is 41.3 Å². The molecule has 2 rings (SSSR count). The highest BCUT2D eigenvalue weighted by Crippen LogP contribution is 2.55. The van der Waals surface area contributed by atoms with E-state index >= 15 is 0 Å². The lowest BCUT2D eigenvalue weighted by Gasteiger charge is -2.43. The van der Waals surface area contributed by atoms with Gasteiger partial charge in [-0.15, -0.1) is 0 Å². The Bertz CT molecular complexity index is 380. The summed E-state index contributed by atoms with van der Waals surface area (Å²) >= 11 is 0. The molecule has 1 heterocycles. The molecule has 0 aromatic carbocycles. The minimum absolute atomic E-state index is 0.244. The van der Waals surface area contributed by atoms with Crippen molar-refractivity contribution in [1.29, 1.82) is 0 Å². The standard InChI is InChI=1S/C13H22N2O2/c1-9(2)10-7-8-12(3)13(10,4)15(14(5)6)11(16)17-12/h10H,1,7-8H2,2-6H3/t10-,12-,13-/m1/s1. The van der Waals surface area contributed by atoms with Crippen LogP contribution in [0.25, 0.3) is 0 Å². The summed E-state index contributed by atoms with van der Waals surface area (Å²) in [5.41, 5.74) is 0.401. The van der Waals surface area contributed by atoms with Gasteiger partial charge in [-0.1, -0.05) is 12.2 Å². The summed E-state index contributed by atoms with van der Waals surface area (Å²) in [6.07, 6.45) is 1.68. The second kappa shape index (κ2) is 3.48. The number of nitrogens with zero attached hydrogens (tertiary/aromatic N) is 2. The molecule has 1 saturated carbocycles. The van der Waals surface area contributed by atoms with Crippen molar-refractivity contribution in [2.45, 2.75) is 44.8 Å². The van der Waals surface area contributed by atoms with Crippen molar-refractivity contribution in [2.75, 3.05) is 14.1 Å². The Labute approximate surface area is 103 Å². The van der Waals surface area contributed by atoms with Gasteiger partial charge in [0.05, 0.1) is 0 Å². The second-order valence-electron chi connectivity index (χ2n) is 5.84. The van der Waals surface area contributed by atoms with Gasteiger partial charge in [-0.3, -0.25) is 0 Å². The molecule has 1 aliphatic heterocycles. The summed E-state index contributed by atoms with van der Waals surface area (Å²) in [5, 5.41) is 3.58. The van der Waals surface area contributed by atoms with Gasteiger partial charge in [0.15, 0.2) is 0 Å². The first-order chi connectivity index (χ1) is 7.74. The Hall–Kier alpha value is -1.03. The number of fused-ring (bicyclic) bond motifs is 1. The van der Waals surface area contributed by atoms with Gasteiger partial charge in [0.1, 0.15) is 11.1 Å². The van der Waals surface area contributed by atoms with E-state index in [0.717, 1.165) is 18.4 Å². The van der Waals surface area contributed by atoms with Crippen LogP contribution in [0.4, 0.5) is 4.79 Å². The van der Waals surface area contributed by atoms with Crippen LogP contribution >= 0.6 is 0 Å². The maximum absolute atomic E-state index is 12.0. The van der Waals surface area contributed by atoms with Crippen molar-refractivity contribution in [2.24, 2.45) is 5.92 Å². The predicted molar refractivity (Wildman–Crippen MR) is 66.4 cm³/mol. The molecule has 1 saturated heterocycles. The third kappa shape index (κ3) is 1.36. The number of carbonyl (C=O) groups excluding carboxylic acids is 1. The lowest BCUT2D eigenvalue weighted by atomic mass is 9.77. The van der Waals surface area contributed by atoms with E-state index in [9.17, 15) is 4.79 Å². The van der Waals surface area contributed by atoms with Crippen LogP contribution in [0.5, 0.6) is 0 Å². The maximum atomic E-state index is 12.0. The van der Waals surface area contributed by atoms with E-state index in [1.807, 2.05) is 33.0 Å². The topological polar surface area (TPSA) is 32.8 Å². The van der Waals surface area contributed by atoms with E-state index in [1.54, 1.807) is 5.01 Å². The van der Waals surface area contributed by atoms with Gasteiger partial charge in [0.2, 0.25) is 0 Å².